The molecule has 3 nitrogen and oxygen atoms in total. The number of carbonyl (C=O) groups excluding carboxylic acids is 1. The third-order valence-corrected chi connectivity index (χ3v) is 3.24. The molecular formula is C12H24N2O. The maximum atomic E-state index is 11.9. The zero-order valence-electron chi connectivity index (χ0n) is 10.1. The van der Waals surface area contributed by atoms with Gasteiger partial charge in [-0.25, -0.2) is 0 Å². The van der Waals surface area contributed by atoms with E-state index < -0.39 is 0 Å². The van der Waals surface area contributed by atoms with E-state index in [1.165, 1.54) is 19.3 Å². The van der Waals surface area contributed by atoms with Gasteiger partial charge in [0.15, 0.2) is 0 Å². The van der Waals surface area contributed by atoms with Crippen molar-refractivity contribution in [3.05, 3.63) is 0 Å². The minimum atomic E-state index is 0.358. The highest BCUT2D eigenvalue weighted by Gasteiger charge is 2.24. The Morgan fingerprint density at radius 2 is 2.27 bits per heavy atom. The van der Waals surface area contributed by atoms with Gasteiger partial charge in [-0.3, -0.25) is 4.79 Å². The van der Waals surface area contributed by atoms with E-state index >= 15 is 0 Å². The molecule has 0 spiro atoms. The third kappa shape index (κ3) is 3.82. The Morgan fingerprint density at radius 1 is 1.47 bits per heavy atom. The summed E-state index contributed by atoms with van der Waals surface area (Å²) < 4.78 is 0. The van der Waals surface area contributed by atoms with E-state index in [9.17, 15) is 4.79 Å². The third-order valence-electron chi connectivity index (χ3n) is 3.24. The van der Waals surface area contributed by atoms with Crippen LogP contribution in [0, 0.1) is 0 Å². The van der Waals surface area contributed by atoms with Crippen molar-refractivity contribution < 1.29 is 4.79 Å². The molecule has 1 N–H and O–H groups in total. The molecule has 3 heteroatoms. The van der Waals surface area contributed by atoms with Gasteiger partial charge < -0.3 is 10.2 Å². The topological polar surface area (TPSA) is 32.3 Å². The van der Waals surface area contributed by atoms with Crippen molar-refractivity contribution in [3.8, 4) is 0 Å². The van der Waals surface area contributed by atoms with Gasteiger partial charge in [0.2, 0.25) is 5.91 Å². The smallest absolute Gasteiger partial charge is 0.222 e. The van der Waals surface area contributed by atoms with E-state index in [1.807, 2.05) is 7.05 Å². The number of nitrogens with one attached hydrogen (secondary N) is 1. The fourth-order valence-electron chi connectivity index (χ4n) is 2.31. The van der Waals surface area contributed by atoms with Gasteiger partial charge in [0.25, 0.3) is 0 Å². The molecular weight excluding hydrogens is 188 g/mol. The van der Waals surface area contributed by atoms with Crippen molar-refractivity contribution in [1.29, 1.82) is 0 Å². The van der Waals surface area contributed by atoms with Crippen molar-refractivity contribution in [3.63, 3.8) is 0 Å². The van der Waals surface area contributed by atoms with Gasteiger partial charge in [-0.15, -0.1) is 0 Å². The van der Waals surface area contributed by atoms with E-state index in [-0.39, 0.29) is 0 Å². The molecule has 1 unspecified atom stereocenters. The lowest BCUT2D eigenvalue weighted by molar-refractivity contribution is -0.135. The number of carbonyl (C=O) groups is 1. The average molecular weight is 212 g/mol. The van der Waals surface area contributed by atoms with E-state index in [0.29, 0.717) is 18.4 Å². The second kappa shape index (κ2) is 6.83. The molecule has 1 rings (SSSR count). The Balaban J connectivity index is 2.34. The Morgan fingerprint density at radius 3 is 2.93 bits per heavy atom. The van der Waals surface area contributed by atoms with Crippen molar-refractivity contribution in [2.75, 3.05) is 20.1 Å². The molecule has 1 fully saturated rings. The number of piperidine rings is 1. The maximum absolute atomic E-state index is 11.9. The summed E-state index contributed by atoms with van der Waals surface area (Å²) >= 11 is 0. The normalized spacial score (nSPS) is 21.7. The van der Waals surface area contributed by atoms with Crippen LogP contribution in [0.1, 0.15) is 45.4 Å². The molecule has 1 aliphatic rings. The van der Waals surface area contributed by atoms with Gasteiger partial charge in [0.1, 0.15) is 0 Å². The minimum Gasteiger partial charge on any atom is -0.340 e. The summed E-state index contributed by atoms with van der Waals surface area (Å²) in [6.45, 7) is 4.11. The second-order valence-electron chi connectivity index (χ2n) is 4.35. The monoisotopic (exact) mass is 212 g/mol. The molecule has 1 heterocycles. The fourth-order valence-corrected chi connectivity index (χ4v) is 2.31. The first-order valence-electron chi connectivity index (χ1n) is 6.23. The number of hydrogen-bond donors (Lipinski definition) is 1. The predicted molar refractivity (Wildman–Crippen MR) is 62.8 cm³/mol. The van der Waals surface area contributed by atoms with Crippen molar-refractivity contribution in [1.82, 2.24) is 10.2 Å². The van der Waals surface area contributed by atoms with Crippen molar-refractivity contribution in [2.45, 2.75) is 51.5 Å². The van der Waals surface area contributed by atoms with E-state index in [1.54, 1.807) is 0 Å². The van der Waals surface area contributed by atoms with Gasteiger partial charge in [-0.2, -0.15) is 0 Å². The zero-order valence-corrected chi connectivity index (χ0v) is 10.1. The minimum absolute atomic E-state index is 0.358. The van der Waals surface area contributed by atoms with Crippen molar-refractivity contribution in [2.24, 2.45) is 0 Å². The summed E-state index contributed by atoms with van der Waals surface area (Å²) in [6.07, 6.45) is 6.46. The van der Waals surface area contributed by atoms with Crippen LogP contribution in [0.3, 0.4) is 0 Å². The lowest BCUT2D eigenvalue weighted by atomic mass is 9.99. The largest absolute Gasteiger partial charge is 0.340 e. The fraction of sp³-hybridized carbons (Fsp3) is 0.917. The highest BCUT2D eigenvalue weighted by Crippen LogP contribution is 2.20. The van der Waals surface area contributed by atoms with Crippen LogP contribution in [0.2, 0.25) is 0 Å². The predicted octanol–water partition coefficient (Wildman–Crippen LogP) is 1.78. The van der Waals surface area contributed by atoms with Gasteiger partial charge in [0, 0.05) is 19.0 Å². The summed E-state index contributed by atoms with van der Waals surface area (Å²) in [6, 6.07) is 0.515. The van der Waals surface area contributed by atoms with Gasteiger partial charge >= 0.3 is 0 Å². The molecule has 1 amide bonds. The number of rotatable bonds is 5. The summed E-state index contributed by atoms with van der Waals surface area (Å²) in [7, 11) is 1.93. The van der Waals surface area contributed by atoms with E-state index in [2.05, 4.69) is 17.1 Å². The van der Waals surface area contributed by atoms with Crippen LogP contribution in [0.5, 0.6) is 0 Å². The van der Waals surface area contributed by atoms with Gasteiger partial charge in [-0.1, -0.05) is 6.92 Å². The summed E-state index contributed by atoms with van der Waals surface area (Å²) in [5, 5.41) is 3.08. The number of amides is 1. The van der Waals surface area contributed by atoms with Crippen LogP contribution in [-0.2, 0) is 4.79 Å². The molecule has 0 aromatic heterocycles. The van der Waals surface area contributed by atoms with Crippen LogP contribution in [-0.4, -0.2) is 37.0 Å². The Hall–Kier alpha value is -0.570. The second-order valence-corrected chi connectivity index (χ2v) is 4.35. The van der Waals surface area contributed by atoms with E-state index in [4.69, 9.17) is 0 Å². The van der Waals surface area contributed by atoms with Gasteiger partial charge in [-0.05, 0) is 45.7 Å². The van der Waals surface area contributed by atoms with Crippen LogP contribution < -0.4 is 5.32 Å². The Labute approximate surface area is 93.2 Å². The Bertz CT molecular complexity index is 194. The van der Waals surface area contributed by atoms with Crippen LogP contribution in [0.4, 0.5) is 0 Å². The van der Waals surface area contributed by atoms with Gasteiger partial charge in [0.05, 0.1) is 0 Å². The number of hydrogen-bond acceptors (Lipinski definition) is 2. The molecule has 88 valence electrons. The molecule has 0 saturated carbocycles. The molecule has 1 aliphatic heterocycles. The molecule has 0 bridgehead atoms. The molecule has 1 atom stereocenters. The molecule has 0 aromatic carbocycles. The first-order chi connectivity index (χ1) is 7.29. The average Bonchev–Trinajstić information content (AvgIpc) is 2.29. The van der Waals surface area contributed by atoms with Crippen LogP contribution in [0.15, 0.2) is 0 Å². The molecule has 0 aromatic rings. The molecule has 1 saturated heterocycles. The highest BCUT2D eigenvalue weighted by molar-refractivity contribution is 5.76. The lowest BCUT2D eigenvalue weighted by Crippen LogP contribution is -2.43. The molecule has 0 aliphatic carbocycles. The SMILES string of the molecule is CCC1CCCCN1C(=O)CCCNC. The molecule has 15 heavy (non-hydrogen) atoms. The summed E-state index contributed by atoms with van der Waals surface area (Å²) in [5.74, 6) is 0.358. The number of likely N-dealkylation sites (tertiary alicyclic amines) is 1. The first kappa shape index (κ1) is 12.5. The van der Waals surface area contributed by atoms with E-state index in [0.717, 1.165) is 25.9 Å². The van der Waals surface area contributed by atoms with Crippen LogP contribution in [0.25, 0.3) is 0 Å². The lowest BCUT2D eigenvalue weighted by Gasteiger charge is -2.35. The quantitative estimate of drug-likeness (QED) is 0.705. The Kier molecular flexibility index (Phi) is 5.69. The summed E-state index contributed by atoms with van der Waals surface area (Å²) in [4.78, 5) is 14.1. The maximum Gasteiger partial charge on any atom is 0.222 e. The molecule has 0 radical (unpaired) electrons. The van der Waals surface area contributed by atoms with Crippen molar-refractivity contribution >= 4 is 5.91 Å². The highest BCUT2D eigenvalue weighted by atomic mass is 16.2. The standard InChI is InChI=1S/C12H24N2O/c1-3-11-7-4-5-10-14(11)12(15)8-6-9-13-2/h11,13H,3-10H2,1-2H3. The summed E-state index contributed by atoms with van der Waals surface area (Å²) in [5.41, 5.74) is 0. The van der Waals surface area contributed by atoms with Crippen LogP contribution >= 0.6 is 0 Å². The number of nitrogens with zero attached hydrogens (tertiary/aromatic N) is 1. The first-order valence-corrected chi connectivity index (χ1v) is 6.23. The zero-order chi connectivity index (χ0) is 11.1.